The number of halogens is 1. The Hall–Kier alpha value is -4.18. The van der Waals surface area contributed by atoms with E-state index in [1.807, 2.05) is 24.3 Å². The average molecular weight is 533 g/mol. The van der Waals surface area contributed by atoms with Crippen molar-refractivity contribution in [1.29, 1.82) is 0 Å². The number of nitrogens with one attached hydrogen (secondary N) is 1. The zero-order chi connectivity index (χ0) is 26.6. The lowest BCUT2D eigenvalue weighted by Crippen LogP contribution is -2.25. The maximum atomic E-state index is 13.6. The third kappa shape index (κ3) is 5.40. The van der Waals surface area contributed by atoms with Gasteiger partial charge in [-0.15, -0.1) is 0 Å². The quantitative estimate of drug-likeness (QED) is 0.459. The number of thioether (sulfide) groups is 1. The number of nitrogens with zero attached hydrogens (tertiary/aromatic N) is 3. The standard InChI is InChI=1S/C28H25FN4O4S/c1-36-20-13-9-17(10-14-20)22-15-23(18-7-11-19(29)12-8-18)33(32-22)28-31-27(35)25(38-28)16-26(34)30-21-5-3-4-6-24(21)37-2/h3-14,23,25H,15-16H2,1-2H3,(H,30,34). The van der Waals surface area contributed by atoms with Crippen molar-refractivity contribution in [2.45, 2.75) is 24.1 Å². The molecule has 0 saturated carbocycles. The molecule has 194 valence electrons. The number of hydrogen-bond donors (Lipinski definition) is 1. The number of hydrazone groups is 1. The number of carbonyl (C=O) groups excluding carboxylic acids is 2. The summed E-state index contributed by atoms with van der Waals surface area (Å²) in [4.78, 5) is 29.8. The van der Waals surface area contributed by atoms with Crippen molar-refractivity contribution >= 4 is 40.1 Å². The van der Waals surface area contributed by atoms with Crippen LogP contribution in [0.25, 0.3) is 0 Å². The second-order valence-electron chi connectivity index (χ2n) is 8.68. The molecule has 2 aliphatic rings. The first-order valence-electron chi connectivity index (χ1n) is 11.9. The largest absolute Gasteiger partial charge is 0.497 e. The van der Waals surface area contributed by atoms with E-state index in [4.69, 9.17) is 14.6 Å². The number of methoxy groups -OCH3 is 2. The molecule has 3 aromatic rings. The highest BCUT2D eigenvalue weighted by Gasteiger charge is 2.39. The first-order chi connectivity index (χ1) is 18.4. The molecular weight excluding hydrogens is 507 g/mol. The lowest BCUT2D eigenvalue weighted by molar-refractivity contribution is -0.121. The number of benzene rings is 3. The van der Waals surface area contributed by atoms with E-state index in [1.165, 1.54) is 31.0 Å². The maximum absolute atomic E-state index is 13.6. The van der Waals surface area contributed by atoms with Crippen LogP contribution in [0.3, 0.4) is 0 Å². The second-order valence-corrected chi connectivity index (χ2v) is 9.85. The second kappa shape index (κ2) is 11.1. The fourth-order valence-electron chi connectivity index (χ4n) is 4.31. The van der Waals surface area contributed by atoms with Crippen molar-refractivity contribution in [3.63, 3.8) is 0 Å². The fourth-order valence-corrected chi connectivity index (χ4v) is 5.37. The van der Waals surface area contributed by atoms with Crippen LogP contribution < -0.4 is 14.8 Å². The van der Waals surface area contributed by atoms with Gasteiger partial charge in [-0.05, 0) is 59.7 Å². The highest BCUT2D eigenvalue weighted by Crippen LogP contribution is 2.39. The van der Waals surface area contributed by atoms with Gasteiger partial charge in [0.2, 0.25) is 5.91 Å². The van der Waals surface area contributed by atoms with Gasteiger partial charge in [-0.1, -0.05) is 36.0 Å². The predicted molar refractivity (Wildman–Crippen MR) is 145 cm³/mol. The van der Waals surface area contributed by atoms with Gasteiger partial charge in [0.05, 0.1) is 31.7 Å². The van der Waals surface area contributed by atoms with E-state index in [2.05, 4.69) is 10.3 Å². The molecule has 2 aliphatic heterocycles. The van der Waals surface area contributed by atoms with Crippen LogP contribution in [0.1, 0.15) is 30.0 Å². The molecule has 2 heterocycles. The molecule has 0 fully saturated rings. The van der Waals surface area contributed by atoms with E-state index in [1.54, 1.807) is 48.5 Å². The zero-order valence-electron chi connectivity index (χ0n) is 20.8. The Morgan fingerprint density at radius 1 is 1.05 bits per heavy atom. The summed E-state index contributed by atoms with van der Waals surface area (Å²) in [5, 5.41) is 9.03. The van der Waals surface area contributed by atoms with Crippen LogP contribution in [0.5, 0.6) is 11.5 Å². The van der Waals surface area contributed by atoms with Crippen molar-refractivity contribution in [2.75, 3.05) is 19.5 Å². The van der Waals surface area contributed by atoms with Gasteiger partial charge in [-0.3, -0.25) is 9.59 Å². The Kier molecular flexibility index (Phi) is 7.41. The van der Waals surface area contributed by atoms with Gasteiger partial charge in [0.1, 0.15) is 22.6 Å². The number of anilines is 1. The van der Waals surface area contributed by atoms with E-state index in [0.717, 1.165) is 22.6 Å². The molecule has 0 spiro atoms. The van der Waals surface area contributed by atoms with E-state index in [-0.39, 0.29) is 24.2 Å². The van der Waals surface area contributed by atoms with Crippen LogP contribution in [-0.4, -0.2) is 47.2 Å². The van der Waals surface area contributed by atoms with Gasteiger partial charge in [-0.25, -0.2) is 9.40 Å². The molecule has 0 radical (unpaired) electrons. The van der Waals surface area contributed by atoms with Gasteiger partial charge < -0.3 is 14.8 Å². The molecule has 3 aromatic carbocycles. The summed E-state index contributed by atoms with van der Waals surface area (Å²) in [5.41, 5.74) is 3.08. The van der Waals surface area contributed by atoms with Crippen molar-refractivity contribution in [3.8, 4) is 11.5 Å². The summed E-state index contributed by atoms with van der Waals surface area (Å²) < 4.78 is 24.2. The van der Waals surface area contributed by atoms with Crippen LogP contribution >= 0.6 is 11.8 Å². The van der Waals surface area contributed by atoms with Crippen molar-refractivity contribution in [3.05, 3.63) is 89.7 Å². The summed E-state index contributed by atoms with van der Waals surface area (Å²) in [6.07, 6.45) is 0.476. The van der Waals surface area contributed by atoms with E-state index >= 15 is 0 Å². The Morgan fingerprint density at radius 2 is 1.79 bits per heavy atom. The van der Waals surface area contributed by atoms with E-state index in [0.29, 0.717) is 23.0 Å². The molecule has 2 unspecified atom stereocenters. The molecule has 2 amide bonds. The van der Waals surface area contributed by atoms with Crippen LogP contribution in [0.2, 0.25) is 0 Å². The Bertz CT molecular complexity index is 1410. The van der Waals surface area contributed by atoms with Crippen molar-refractivity contribution < 1.29 is 23.5 Å². The molecule has 0 aliphatic carbocycles. The topological polar surface area (TPSA) is 92.6 Å². The molecule has 2 atom stereocenters. The van der Waals surface area contributed by atoms with E-state index < -0.39 is 11.2 Å². The zero-order valence-corrected chi connectivity index (χ0v) is 21.6. The number of para-hydroxylation sites is 2. The number of hydrogen-bond acceptors (Lipinski definition) is 7. The minimum atomic E-state index is -0.686. The Balaban J connectivity index is 1.35. The minimum absolute atomic E-state index is 0.0569. The molecule has 8 nitrogen and oxygen atoms in total. The number of aliphatic imine (C=N–C) groups is 1. The summed E-state index contributed by atoms with van der Waals surface area (Å²) in [7, 11) is 3.13. The normalized spacial score (nSPS) is 18.7. The molecule has 0 saturated heterocycles. The first-order valence-corrected chi connectivity index (χ1v) is 12.8. The Morgan fingerprint density at radius 3 is 2.50 bits per heavy atom. The number of amidine groups is 1. The first kappa shape index (κ1) is 25.5. The van der Waals surface area contributed by atoms with Crippen LogP contribution in [0.4, 0.5) is 10.1 Å². The molecule has 5 rings (SSSR count). The van der Waals surface area contributed by atoms with Crippen LogP contribution in [-0.2, 0) is 9.59 Å². The SMILES string of the molecule is COc1ccc(C2=NN(C3=NC(=O)C(CC(=O)Nc4ccccc4OC)S3)C(c3ccc(F)cc3)C2)cc1. The monoisotopic (exact) mass is 532 g/mol. The summed E-state index contributed by atoms with van der Waals surface area (Å²) in [6.45, 7) is 0. The van der Waals surface area contributed by atoms with E-state index in [9.17, 15) is 14.0 Å². The molecule has 0 bridgehead atoms. The average Bonchev–Trinajstić information content (AvgIpc) is 3.53. The third-order valence-corrected chi connectivity index (χ3v) is 7.41. The molecule has 0 aromatic heterocycles. The molecule has 1 N–H and O–H groups in total. The number of ether oxygens (including phenoxy) is 2. The summed E-state index contributed by atoms with van der Waals surface area (Å²) >= 11 is 1.20. The van der Waals surface area contributed by atoms with Crippen molar-refractivity contribution in [1.82, 2.24) is 5.01 Å². The lowest BCUT2D eigenvalue weighted by Gasteiger charge is -2.23. The van der Waals surface area contributed by atoms with Gasteiger partial charge in [-0.2, -0.15) is 10.1 Å². The van der Waals surface area contributed by atoms with Gasteiger partial charge in [0.25, 0.3) is 5.91 Å². The lowest BCUT2D eigenvalue weighted by atomic mass is 9.98. The fraction of sp³-hybridized carbons (Fsp3) is 0.214. The number of amides is 2. The highest BCUT2D eigenvalue weighted by atomic mass is 32.2. The van der Waals surface area contributed by atoms with Gasteiger partial charge in [0, 0.05) is 12.8 Å². The highest BCUT2D eigenvalue weighted by molar-refractivity contribution is 8.15. The van der Waals surface area contributed by atoms with Crippen molar-refractivity contribution in [2.24, 2.45) is 10.1 Å². The summed E-state index contributed by atoms with van der Waals surface area (Å²) in [6, 6.07) is 20.6. The third-order valence-electron chi connectivity index (χ3n) is 6.27. The molecular formula is C28H25FN4O4S. The number of rotatable bonds is 7. The van der Waals surface area contributed by atoms with Gasteiger partial charge >= 0.3 is 0 Å². The Labute approximate surface area is 223 Å². The molecule has 10 heteroatoms. The summed E-state index contributed by atoms with van der Waals surface area (Å²) in [5.74, 6) is 0.206. The predicted octanol–water partition coefficient (Wildman–Crippen LogP) is 5.02. The van der Waals surface area contributed by atoms with Crippen LogP contribution in [0.15, 0.2) is 82.9 Å². The van der Waals surface area contributed by atoms with Crippen LogP contribution in [0, 0.1) is 5.82 Å². The minimum Gasteiger partial charge on any atom is -0.497 e. The van der Waals surface area contributed by atoms with Gasteiger partial charge in [0.15, 0.2) is 5.17 Å². The maximum Gasteiger partial charge on any atom is 0.262 e. The number of carbonyl (C=O) groups is 2. The smallest absolute Gasteiger partial charge is 0.262 e. The molecule has 38 heavy (non-hydrogen) atoms.